The molecule has 0 aromatic carbocycles. The summed E-state index contributed by atoms with van der Waals surface area (Å²) in [6.45, 7) is 8.15. The second-order valence-electron chi connectivity index (χ2n) is 2.04. The van der Waals surface area contributed by atoms with Gasteiger partial charge in [-0.25, -0.2) is 0 Å². The van der Waals surface area contributed by atoms with E-state index in [4.69, 9.17) is 0 Å². The molecule has 0 aliphatic rings. The molecular weight excluding hydrogens is 222 g/mol. The molecule has 0 bridgehead atoms. The predicted molar refractivity (Wildman–Crippen MR) is 29.4 cm³/mol. The van der Waals surface area contributed by atoms with Crippen LogP contribution in [0.3, 0.4) is 0 Å². The van der Waals surface area contributed by atoms with E-state index in [0.29, 0.717) is 0 Å². The third kappa shape index (κ3) is 11.1. The van der Waals surface area contributed by atoms with Gasteiger partial charge in [0, 0.05) is 40.4 Å². The summed E-state index contributed by atoms with van der Waals surface area (Å²) in [7, 11) is 0. The Morgan fingerprint density at radius 3 is 1.86 bits per heavy atom. The monoisotopic (exact) mass is 237 g/mol. The molecule has 0 atom stereocenters. The molecule has 0 nitrogen and oxygen atoms in total. The van der Waals surface area contributed by atoms with E-state index in [0.717, 1.165) is 12.3 Å². The molecule has 7 heavy (non-hydrogen) atoms. The quantitative estimate of drug-likeness (QED) is 0.644. The Morgan fingerprint density at radius 2 is 1.86 bits per heavy atom. The smallest absolute Gasteiger partial charge is 0 e. The molecular formula is C6H13Sm-. The maximum absolute atomic E-state index is 3.73. The van der Waals surface area contributed by atoms with Crippen molar-refractivity contribution in [1.82, 2.24) is 0 Å². The average Bonchev–Trinajstić information content (AvgIpc) is 1.35. The molecule has 0 amide bonds. The van der Waals surface area contributed by atoms with E-state index < -0.39 is 0 Å². The average molecular weight is 236 g/mol. The number of hydrogen-bond acceptors (Lipinski definition) is 0. The first-order valence-electron chi connectivity index (χ1n) is 2.56. The minimum Gasteiger partial charge on any atom is -0.343 e. The van der Waals surface area contributed by atoms with Crippen molar-refractivity contribution in [2.75, 3.05) is 0 Å². The molecule has 0 spiro atoms. The Labute approximate surface area is 79.2 Å². The Morgan fingerprint density at radius 1 is 1.43 bits per heavy atom. The maximum atomic E-state index is 3.73. The van der Waals surface area contributed by atoms with Crippen LogP contribution in [0.15, 0.2) is 0 Å². The summed E-state index contributed by atoms with van der Waals surface area (Å²) < 4.78 is 0. The summed E-state index contributed by atoms with van der Waals surface area (Å²) in [5.41, 5.74) is 0. The number of hydrogen-bond donors (Lipinski definition) is 0. The molecule has 0 unspecified atom stereocenters. The first-order chi connectivity index (χ1) is 2.77. The van der Waals surface area contributed by atoms with Gasteiger partial charge in [-0.15, -0.1) is 0 Å². The molecule has 0 aromatic heterocycles. The van der Waals surface area contributed by atoms with Gasteiger partial charge in [0.2, 0.25) is 0 Å². The van der Waals surface area contributed by atoms with Crippen molar-refractivity contribution in [1.29, 1.82) is 0 Å². The van der Waals surface area contributed by atoms with Crippen LogP contribution >= 0.6 is 0 Å². The van der Waals surface area contributed by atoms with E-state index in [-0.39, 0.29) is 40.4 Å². The fourth-order valence-corrected chi connectivity index (χ4v) is 0.408. The van der Waals surface area contributed by atoms with Crippen molar-refractivity contribution < 1.29 is 40.4 Å². The summed E-state index contributed by atoms with van der Waals surface area (Å²) in [6, 6.07) is 0. The Balaban J connectivity index is 0. The fraction of sp³-hybridized carbons (Fsp3) is 0.833. The standard InChI is InChI=1S/C6H13.Sm/c1-4-5-6(2)3;/h6H,1,4-5H2,2-3H3;/q-1;. The van der Waals surface area contributed by atoms with Gasteiger partial charge in [-0.2, -0.15) is 6.42 Å². The zero-order chi connectivity index (χ0) is 4.99. The van der Waals surface area contributed by atoms with Crippen LogP contribution in [-0.2, 0) is 0 Å². The van der Waals surface area contributed by atoms with Gasteiger partial charge in [0.05, 0.1) is 0 Å². The summed E-state index contributed by atoms with van der Waals surface area (Å²) in [4.78, 5) is 0. The molecule has 0 saturated carbocycles. The molecule has 1 heteroatoms. The Bertz CT molecular complexity index is 25.4. The van der Waals surface area contributed by atoms with Gasteiger partial charge in [-0.3, -0.25) is 0 Å². The Hall–Kier alpha value is 1.34. The molecule has 0 heterocycles. The van der Waals surface area contributed by atoms with E-state index in [2.05, 4.69) is 20.8 Å². The third-order valence-electron chi connectivity index (χ3n) is 0.781. The van der Waals surface area contributed by atoms with Crippen molar-refractivity contribution in [3.8, 4) is 0 Å². The summed E-state index contributed by atoms with van der Waals surface area (Å²) in [5.74, 6) is 0.836. The van der Waals surface area contributed by atoms with Crippen LogP contribution in [0.2, 0.25) is 0 Å². The minimum absolute atomic E-state index is 0. The second kappa shape index (κ2) is 7.34. The van der Waals surface area contributed by atoms with Crippen molar-refractivity contribution >= 4 is 0 Å². The van der Waals surface area contributed by atoms with Crippen LogP contribution in [-0.4, -0.2) is 0 Å². The largest absolute Gasteiger partial charge is 0.343 e. The zero-order valence-corrected chi connectivity index (χ0v) is 7.73. The summed E-state index contributed by atoms with van der Waals surface area (Å²) in [5, 5.41) is 0. The molecule has 0 aromatic rings. The second-order valence-corrected chi connectivity index (χ2v) is 2.04. The van der Waals surface area contributed by atoms with Gasteiger partial charge in [-0.05, 0) is 5.92 Å². The maximum Gasteiger partial charge on any atom is 0 e. The molecule has 0 rings (SSSR count). The van der Waals surface area contributed by atoms with Gasteiger partial charge in [0.15, 0.2) is 0 Å². The Kier molecular flexibility index (Phi) is 11.7. The van der Waals surface area contributed by atoms with E-state index >= 15 is 0 Å². The van der Waals surface area contributed by atoms with Gasteiger partial charge in [0.1, 0.15) is 0 Å². The summed E-state index contributed by atoms with van der Waals surface area (Å²) >= 11 is 0. The topological polar surface area (TPSA) is 0 Å². The molecule has 0 aliphatic carbocycles. The summed E-state index contributed by atoms with van der Waals surface area (Å²) in [6.07, 6.45) is 2.34. The molecule has 44 valence electrons. The van der Waals surface area contributed by atoms with E-state index in [1.54, 1.807) is 0 Å². The van der Waals surface area contributed by atoms with Gasteiger partial charge >= 0.3 is 0 Å². The van der Waals surface area contributed by atoms with E-state index in [9.17, 15) is 0 Å². The van der Waals surface area contributed by atoms with Crippen molar-refractivity contribution in [2.24, 2.45) is 5.92 Å². The molecule has 0 fully saturated rings. The predicted octanol–water partition coefficient (Wildman–Crippen LogP) is 2.26. The normalized spacial score (nSPS) is 8.57. The van der Waals surface area contributed by atoms with E-state index in [1.807, 2.05) is 0 Å². The first kappa shape index (κ1) is 11.2. The minimum atomic E-state index is 0. The first-order valence-corrected chi connectivity index (χ1v) is 2.56. The SMILES string of the molecule is [CH2-]CCC(C)C.[Sm]. The molecule has 0 saturated heterocycles. The van der Waals surface area contributed by atoms with Crippen molar-refractivity contribution in [3.63, 3.8) is 0 Å². The van der Waals surface area contributed by atoms with Crippen LogP contribution < -0.4 is 0 Å². The van der Waals surface area contributed by atoms with Crippen molar-refractivity contribution in [3.05, 3.63) is 6.92 Å². The molecule has 0 radical (unpaired) electrons. The van der Waals surface area contributed by atoms with Gasteiger partial charge in [-0.1, -0.05) is 20.3 Å². The third-order valence-corrected chi connectivity index (χ3v) is 0.781. The number of rotatable bonds is 2. The van der Waals surface area contributed by atoms with Crippen LogP contribution in [0.1, 0.15) is 26.7 Å². The van der Waals surface area contributed by atoms with Crippen LogP contribution in [0.5, 0.6) is 0 Å². The fourth-order valence-electron chi connectivity index (χ4n) is 0.408. The molecule has 0 aliphatic heterocycles. The molecule has 0 N–H and O–H groups in total. The van der Waals surface area contributed by atoms with Gasteiger partial charge in [0.25, 0.3) is 0 Å². The van der Waals surface area contributed by atoms with Crippen LogP contribution in [0.25, 0.3) is 0 Å². The van der Waals surface area contributed by atoms with Gasteiger partial charge < -0.3 is 6.92 Å². The van der Waals surface area contributed by atoms with Crippen LogP contribution in [0.4, 0.5) is 0 Å². The van der Waals surface area contributed by atoms with Crippen molar-refractivity contribution in [2.45, 2.75) is 26.7 Å². The van der Waals surface area contributed by atoms with Crippen LogP contribution in [0, 0.1) is 53.2 Å². The zero-order valence-electron chi connectivity index (χ0n) is 5.11. The van der Waals surface area contributed by atoms with E-state index in [1.165, 1.54) is 6.42 Å².